The average Bonchev–Trinajstić information content (AvgIpc) is 3.33. The molecule has 4 nitrogen and oxygen atoms in total. The summed E-state index contributed by atoms with van der Waals surface area (Å²) in [5.41, 5.74) is 2.99. The quantitative estimate of drug-likeness (QED) is 0.398. The van der Waals surface area contributed by atoms with E-state index in [0.717, 1.165) is 16.3 Å². The van der Waals surface area contributed by atoms with E-state index in [1.165, 1.54) is 17.3 Å². The molecule has 0 fully saturated rings. The standard InChI is InChI=1S/C16H10ClN3OS3/c17-12-3-1-2-10(6-12)14-19-20-16(21-14)24-9-13-8-23-15(18-13)11-4-5-22-7-11/h1-8H,9H2. The fraction of sp³-hybridized carbons (Fsp3) is 0.0625. The van der Waals surface area contributed by atoms with Gasteiger partial charge in [-0.15, -0.1) is 21.5 Å². The SMILES string of the molecule is Clc1cccc(-c2nnc(SCc3csc(-c4ccsc4)n3)o2)c1. The van der Waals surface area contributed by atoms with Crippen LogP contribution in [0.3, 0.4) is 0 Å². The topological polar surface area (TPSA) is 51.8 Å². The predicted molar refractivity (Wildman–Crippen MR) is 99.7 cm³/mol. The Labute approximate surface area is 155 Å². The van der Waals surface area contributed by atoms with Gasteiger partial charge in [0, 0.05) is 32.7 Å². The normalized spacial score (nSPS) is 11.0. The zero-order valence-corrected chi connectivity index (χ0v) is 15.4. The second-order valence-electron chi connectivity index (χ2n) is 4.83. The van der Waals surface area contributed by atoms with Crippen LogP contribution >= 0.6 is 46.0 Å². The lowest BCUT2D eigenvalue weighted by molar-refractivity contribution is 0.466. The molecule has 4 aromatic rings. The van der Waals surface area contributed by atoms with Crippen LogP contribution in [-0.4, -0.2) is 15.2 Å². The number of nitrogens with zero attached hydrogens (tertiary/aromatic N) is 3. The fourth-order valence-corrected chi connectivity index (χ4v) is 4.52. The molecule has 0 N–H and O–H groups in total. The molecule has 0 amide bonds. The summed E-state index contributed by atoms with van der Waals surface area (Å²) in [7, 11) is 0. The Morgan fingerprint density at radius 3 is 2.92 bits per heavy atom. The first kappa shape index (κ1) is 15.8. The molecular weight excluding hydrogens is 382 g/mol. The Hall–Kier alpha value is -1.67. The van der Waals surface area contributed by atoms with E-state index in [-0.39, 0.29) is 0 Å². The van der Waals surface area contributed by atoms with Crippen LogP contribution in [0.4, 0.5) is 0 Å². The lowest BCUT2D eigenvalue weighted by atomic mass is 10.2. The molecule has 0 unspecified atom stereocenters. The van der Waals surface area contributed by atoms with Gasteiger partial charge in [0.05, 0.1) is 5.69 Å². The number of aromatic nitrogens is 3. The third-order valence-corrected chi connectivity index (χ3v) is 5.85. The van der Waals surface area contributed by atoms with E-state index in [1.807, 2.05) is 18.2 Å². The van der Waals surface area contributed by atoms with E-state index in [9.17, 15) is 0 Å². The van der Waals surface area contributed by atoms with Crippen LogP contribution in [0.5, 0.6) is 0 Å². The van der Waals surface area contributed by atoms with Gasteiger partial charge in [-0.05, 0) is 29.6 Å². The number of hydrogen-bond acceptors (Lipinski definition) is 7. The van der Waals surface area contributed by atoms with Gasteiger partial charge in [-0.25, -0.2) is 4.98 Å². The highest BCUT2D eigenvalue weighted by atomic mass is 35.5. The van der Waals surface area contributed by atoms with Gasteiger partial charge in [-0.1, -0.05) is 29.4 Å². The summed E-state index contributed by atoms with van der Waals surface area (Å²) < 4.78 is 5.68. The first-order chi connectivity index (χ1) is 11.8. The molecule has 4 rings (SSSR count). The van der Waals surface area contributed by atoms with Gasteiger partial charge < -0.3 is 4.42 Å². The number of benzene rings is 1. The Kier molecular flexibility index (Phi) is 4.66. The molecular formula is C16H10ClN3OS3. The van der Waals surface area contributed by atoms with Gasteiger partial charge in [0.2, 0.25) is 5.89 Å². The molecule has 120 valence electrons. The molecule has 24 heavy (non-hydrogen) atoms. The minimum atomic E-state index is 0.470. The van der Waals surface area contributed by atoms with Crippen molar-refractivity contribution in [2.45, 2.75) is 11.0 Å². The van der Waals surface area contributed by atoms with Crippen LogP contribution < -0.4 is 0 Å². The highest BCUT2D eigenvalue weighted by Gasteiger charge is 2.11. The average molecular weight is 392 g/mol. The monoisotopic (exact) mass is 391 g/mol. The Morgan fingerprint density at radius 2 is 2.08 bits per heavy atom. The number of thiazole rings is 1. The van der Waals surface area contributed by atoms with Gasteiger partial charge in [0.1, 0.15) is 5.01 Å². The molecule has 8 heteroatoms. The molecule has 3 heterocycles. The van der Waals surface area contributed by atoms with Crippen LogP contribution in [0.1, 0.15) is 5.69 Å². The Morgan fingerprint density at radius 1 is 1.12 bits per heavy atom. The van der Waals surface area contributed by atoms with Gasteiger partial charge in [0.25, 0.3) is 5.22 Å². The maximum Gasteiger partial charge on any atom is 0.277 e. The van der Waals surface area contributed by atoms with Gasteiger partial charge in [-0.2, -0.15) is 11.3 Å². The summed E-state index contributed by atoms with van der Waals surface area (Å²) in [5.74, 6) is 1.16. The molecule has 0 atom stereocenters. The molecule has 1 aromatic carbocycles. The molecule has 0 saturated carbocycles. The Balaban J connectivity index is 1.43. The number of thioether (sulfide) groups is 1. The van der Waals surface area contributed by atoms with Gasteiger partial charge in [0.15, 0.2) is 0 Å². The van der Waals surface area contributed by atoms with E-state index in [1.54, 1.807) is 28.7 Å². The molecule has 0 spiro atoms. The summed E-state index contributed by atoms with van der Waals surface area (Å²) in [5, 5.41) is 16.6. The van der Waals surface area contributed by atoms with E-state index in [0.29, 0.717) is 21.9 Å². The van der Waals surface area contributed by atoms with Crippen molar-refractivity contribution in [2.24, 2.45) is 0 Å². The zero-order chi connectivity index (χ0) is 16.4. The van der Waals surface area contributed by atoms with Crippen molar-refractivity contribution in [3.05, 3.63) is 57.2 Å². The second kappa shape index (κ2) is 7.06. The van der Waals surface area contributed by atoms with Crippen molar-refractivity contribution >= 4 is 46.0 Å². The minimum absolute atomic E-state index is 0.470. The van der Waals surface area contributed by atoms with Crippen molar-refractivity contribution in [1.82, 2.24) is 15.2 Å². The first-order valence-electron chi connectivity index (χ1n) is 6.97. The summed E-state index contributed by atoms with van der Waals surface area (Å²) >= 11 is 10.8. The zero-order valence-electron chi connectivity index (χ0n) is 12.2. The number of thiophene rings is 1. The molecule has 0 radical (unpaired) electrons. The van der Waals surface area contributed by atoms with Crippen LogP contribution in [0.15, 0.2) is 56.1 Å². The predicted octanol–water partition coefficient (Wildman–Crippen LogP) is 5.87. The minimum Gasteiger partial charge on any atom is -0.411 e. The van der Waals surface area contributed by atoms with Gasteiger partial charge in [-0.3, -0.25) is 0 Å². The Bertz CT molecular complexity index is 949. The lowest BCUT2D eigenvalue weighted by Gasteiger charge is -1.95. The van der Waals surface area contributed by atoms with E-state index in [2.05, 4.69) is 37.4 Å². The summed E-state index contributed by atoms with van der Waals surface area (Å²) in [6.07, 6.45) is 0. The highest BCUT2D eigenvalue weighted by Crippen LogP contribution is 2.30. The largest absolute Gasteiger partial charge is 0.411 e. The van der Waals surface area contributed by atoms with Crippen molar-refractivity contribution in [3.63, 3.8) is 0 Å². The van der Waals surface area contributed by atoms with E-state index < -0.39 is 0 Å². The van der Waals surface area contributed by atoms with E-state index in [4.69, 9.17) is 16.0 Å². The summed E-state index contributed by atoms with van der Waals surface area (Å²) in [6.45, 7) is 0. The third-order valence-electron chi connectivity index (χ3n) is 3.14. The number of halogens is 1. The molecule has 0 saturated heterocycles. The smallest absolute Gasteiger partial charge is 0.277 e. The maximum absolute atomic E-state index is 5.99. The molecule has 0 bridgehead atoms. The lowest BCUT2D eigenvalue weighted by Crippen LogP contribution is -1.81. The molecule has 0 aliphatic carbocycles. The fourth-order valence-electron chi connectivity index (χ4n) is 2.03. The highest BCUT2D eigenvalue weighted by molar-refractivity contribution is 7.98. The number of rotatable bonds is 5. The molecule has 0 aliphatic rings. The summed E-state index contributed by atoms with van der Waals surface area (Å²) in [6, 6.07) is 9.44. The van der Waals surface area contributed by atoms with Crippen molar-refractivity contribution < 1.29 is 4.42 Å². The van der Waals surface area contributed by atoms with Gasteiger partial charge >= 0.3 is 0 Å². The molecule has 3 aromatic heterocycles. The van der Waals surface area contributed by atoms with Crippen molar-refractivity contribution in [2.75, 3.05) is 0 Å². The first-order valence-corrected chi connectivity index (χ1v) is 10.2. The van der Waals surface area contributed by atoms with E-state index >= 15 is 0 Å². The second-order valence-corrected chi connectivity index (χ2v) is 7.83. The van der Waals surface area contributed by atoms with Crippen molar-refractivity contribution in [3.8, 4) is 22.0 Å². The van der Waals surface area contributed by atoms with Crippen LogP contribution in [0.2, 0.25) is 5.02 Å². The maximum atomic E-state index is 5.99. The van der Waals surface area contributed by atoms with Crippen LogP contribution in [0, 0.1) is 0 Å². The van der Waals surface area contributed by atoms with Crippen molar-refractivity contribution in [1.29, 1.82) is 0 Å². The van der Waals surface area contributed by atoms with Crippen LogP contribution in [-0.2, 0) is 5.75 Å². The molecule has 0 aliphatic heterocycles. The third kappa shape index (κ3) is 3.54. The number of hydrogen-bond donors (Lipinski definition) is 0. The summed E-state index contributed by atoms with van der Waals surface area (Å²) in [4.78, 5) is 4.64. The van der Waals surface area contributed by atoms with Crippen LogP contribution in [0.25, 0.3) is 22.0 Å².